The molecule has 32 heavy (non-hydrogen) atoms. The van der Waals surface area contributed by atoms with Gasteiger partial charge in [0.2, 0.25) is 0 Å². The molecule has 0 spiro atoms. The molecular formula is C25H25ClN4O2. The van der Waals surface area contributed by atoms with Crippen LogP contribution in [-0.2, 0) is 11.3 Å². The SMILES string of the molecule is C[C@@H]1C[C@H](OCc2c(-c3ccccc3Cl)noc2C2CC2)CCN1c1ccc(C#N)cn1. The van der Waals surface area contributed by atoms with Crippen LogP contribution in [0.15, 0.2) is 47.1 Å². The Morgan fingerprint density at radius 3 is 2.75 bits per heavy atom. The monoisotopic (exact) mass is 448 g/mol. The number of hydrogen-bond acceptors (Lipinski definition) is 6. The summed E-state index contributed by atoms with van der Waals surface area (Å²) in [7, 11) is 0. The van der Waals surface area contributed by atoms with Gasteiger partial charge in [0.15, 0.2) is 0 Å². The molecule has 0 radical (unpaired) electrons. The van der Waals surface area contributed by atoms with E-state index in [-0.39, 0.29) is 6.10 Å². The van der Waals surface area contributed by atoms with E-state index < -0.39 is 0 Å². The average Bonchev–Trinajstić information content (AvgIpc) is 3.58. The molecule has 164 valence electrons. The zero-order chi connectivity index (χ0) is 22.1. The molecule has 1 saturated carbocycles. The van der Waals surface area contributed by atoms with Crippen LogP contribution < -0.4 is 4.90 Å². The Kier molecular flexibility index (Phi) is 5.86. The van der Waals surface area contributed by atoms with Gasteiger partial charge in [-0.1, -0.05) is 35.0 Å². The lowest BCUT2D eigenvalue weighted by molar-refractivity contribution is 0.0174. The van der Waals surface area contributed by atoms with Gasteiger partial charge in [-0.15, -0.1) is 0 Å². The van der Waals surface area contributed by atoms with Crippen LogP contribution in [0, 0.1) is 11.3 Å². The van der Waals surface area contributed by atoms with Crippen LogP contribution in [0.5, 0.6) is 0 Å². The fraction of sp³-hybridized carbons (Fsp3) is 0.400. The summed E-state index contributed by atoms with van der Waals surface area (Å²) < 4.78 is 12.2. The number of pyridine rings is 1. The molecule has 6 nitrogen and oxygen atoms in total. The molecular weight excluding hydrogens is 424 g/mol. The fourth-order valence-electron chi connectivity index (χ4n) is 4.44. The molecule has 2 fully saturated rings. The number of ether oxygens (including phenoxy) is 1. The van der Waals surface area contributed by atoms with Crippen LogP contribution in [0.3, 0.4) is 0 Å². The molecule has 0 N–H and O–H groups in total. The number of rotatable bonds is 6. The topological polar surface area (TPSA) is 75.2 Å². The largest absolute Gasteiger partial charge is 0.373 e. The lowest BCUT2D eigenvalue weighted by atomic mass is 10.00. The first-order valence-electron chi connectivity index (χ1n) is 11.1. The van der Waals surface area contributed by atoms with Gasteiger partial charge in [0.25, 0.3) is 0 Å². The van der Waals surface area contributed by atoms with Crippen molar-refractivity contribution >= 4 is 17.4 Å². The third kappa shape index (κ3) is 4.23. The normalized spacial score (nSPS) is 20.8. The van der Waals surface area contributed by atoms with Gasteiger partial charge in [0.05, 0.1) is 23.3 Å². The van der Waals surface area contributed by atoms with Crippen molar-refractivity contribution in [2.75, 3.05) is 11.4 Å². The number of benzene rings is 1. The summed E-state index contributed by atoms with van der Waals surface area (Å²) >= 11 is 6.44. The third-order valence-electron chi connectivity index (χ3n) is 6.36. The van der Waals surface area contributed by atoms with Crippen molar-refractivity contribution in [2.45, 2.75) is 57.3 Å². The summed E-state index contributed by atoms with van der Waals surface area (Å²) in [5, 5.41) is 14.0. The second kappa shape index (κ2) is 8.93. The van der Waals surface area contributed by atoms with E-state index in [9.17, 15) is 0 Å². The van der Waals surface area contributed by atoms with Crippen LogP contribution in [0.25, 0.3) is 11.3 Å². The summed E-state index contributed by atoms with van der Waals surface area (Å²) in [6.45, 7) is 3.53. The fourth-order valence-corrected chi connectivity index (χ4v) is 4.66. The van der Waals surface area contributed by atoms with Gasteiger partial charge in [-0.3, -0.25) is 0 Å². The summed E-state index contributed by atoms with van der Waals surface area (Å²) in [6, 6.07) is 13.9. The highest BCUT2D eigenvalue weighted by molar-refractivity contribution is 6.33. The molecule has 0 bridgehead atoms. The number of nitrogens with zero attached hydrogens (tertiary/aromatic N) is 4. The van der Waals surface area contributed by atoms with E-state index in [1.54, 1.807) is 6.20 Å². The highest BCUT2D eigenvalue weighted by atomic mass is 35.5. The maximum atomic E-state index is 8.99. The van der Waals surface area contributed by atoms with Crippen molar-refractivity contribution in [3.63, 3.8) is 0 Å². The standard InChI is InChI=1S/C25H25ClN4O2/c1-16-12-19(10-11-30(16)23-9-6-17(13-27)14-28-23)31-15-21-24(20-4-2-3-5-22(20)26)29-32-25(21)18-7-8-18/h2-6,9,14,16,18-19H,7-8,10-12,15H2,1H3/t16-,19-/m1/s1. The summed E-state index contributed by atoms with van der Waals surface area (Å²) in [6.07, 6.45) is 5.88. The minimum absolute atomic E-state index is 0.153. The molecule has 2 atom stereocenters. The number of anilines is 1. The van der Waals surface area contributed by atoms with E-state index in [4.69, 9.17) is 26.1 Å². The van der Waals surface area contributed by atoms with Gasteiger partial charge in [-0.05, 0) is 50.8 Å². The maximum absolute atomic E-state index is 8.99. The molecule has 1 aromatic carbocycles. The highest BCUT2D eigenvalue weighted by Gasteiger charge is 2.34. The highest BCUT2D eigenvalue weighted by Crippen LogP contribution is 2.45. The van der Waals surface area contributed by atoms with Crippen molar-refractivity contribution in [3.8, 4) is 17.3 Å². The van der Waals surface area contributed by atoms with Crippen LogP contribution in [-0.4, -0.2) is 28.8 Å². The quantitative estimate of drug-likeness (QED) is 0.480. The van der Waals surface area contributed by atoms with E-state index in [2.05, 4.69) is 28.0 Å². The first kappa shape index (κ1) is 21.0. The van der Waals surface area contributed by atoms with Gasteiger partial charge in [-0.2, -0.15) is 5.26 Å². The van der Waals surface area contributed by atoms with Crippen molar-refractivity contribution < 1.29 is 9.26 Å². The Hall–Kier alpha value is -2.88. The molecule has 7 heteroatoms. The van der Waals surface area contributed by atoms with Gasteiger partial charge >= 0.3 is 0 Å². The number of nitriles is 1. The Morgan fingerprint density at radius 1 is 1.22 bits per heavy atom. The van der Waals surface area contributed by atoms with Crippen LogP contribution in [0.1, 0.15) is 55.4 Å². The molecule has 1 aliphatic heterocycles. The lowest BCUT2D eigenvalue weighted by Gasteiger charge is -2.38. The second-order valence-electron chi connectivity index (χ2n) is 8.64. The molecule has 1 aliphatic carbocycles. The van der Waals surface area contributed by atoms with E-state index in [1.807, 2.05) is 36.4 Å². The first-order chi connectivity index (χ1) is 15.6. The minimum Gasteiger partial charge on any atom is -0.373 e. The first-order valence-corrected chi connectivity index (χ1v) is 11.5. The van der Waals surface area contributed by atoms with Gasteiger partial charge in [0.1, 0.15) is 23.3 Å². The predicted octanol–water partition coefficient (Wildman–Crippen LogP) is 5.71. The maximum Gasteiger partial charge on any atom is 0.145 e. The van der Waals surface area contributed by atoms with Crippen LogP contribution in [0.4, 0.5) is 5.82 Å². The third-order valence-corrected chi connectivity index (χ3v) is 6.69. The second-order valence-corrected chi connectivity index (χ2v) is 9.05. The van der Waals surface area contributed by atoms with Crippen molar-refractivity contribution in [1.29, 1.82) is 5.26 Å². The van der Waals surface area contributed by atoms with Crippen LogP contribution >= 0.6 is 11.6 Å². The van der Waals surface area contributed by atoms with E-state index in [1.165, 1.54) is 0 Å². The van der Waals surface area contributed by atoms with E-state index >= 15 is 0 Å². The molecule has 1 saturated heterocycles. The van der Waals surface area contributed by atoms with Crippen LogP contribution in [0.2, 0.25) is 5.02 Å². The number of hydrogen-bond donors (Lipinski definition) is 0. The van der Waals surface area contributed by atoms with Gasteiger partial charge < -0.3 is 14.2 Å². The summed E-state index contributed by atoms with van der Waals surface area (Å²) in [5.41, 5.74) is 3.29. The smallest absolute Gasteiger partial charge is 0.145 e. The van der Waals surface area contributed by atoms with Gasteiger partial charge in [0, 0.05) is 35.8 Å². The molecule has 2 aromatic heterocycles. The molecule has 3 heterocycles. The number of aromatic nitrogens is 2. The Morgan fingerprint density at radius 2 is 2.06 bits per heavy atom. The zero-order valence-electron chi connectivity index (χ0n) is 18.0. The van der Waals surface area contributed by atoms with Crippen molar-refractivity contribution in [2.24, 2.45) is 0 Å². The number of halogens is 1. The molecule has 3 aromatic rings. The summed E-state index contributed by atoms with van der Waals surface area (Å²) in [5.74, 6) is 2.30. The molecule has 0 amide bonds. The lowest BCUT2D eigenvalue weighted by Crippen LogP contribution is -2.43. The Balaban J connectivity index is 1.28. The van der Waals surface area contributed by atoms with E-state index in [0.717, 1.165) is 60.6 Å². The molecule has 2 aliphatic rings. The van der Waals surface area contributed by atoms with Crippen molar-refractivity contribution in [3.05, 3.63) is 64.5 Å². The zero-order valence-corrected chi connectivity index (χ0v) is 18.8. The summed E-state index contributed by atoms with van der Waals surface area (Å²) in [4.78, 5) is 6.74. The molecule has 5 rings (SSSR count). The Labute approximate surface area is 192 Å². The van der Waals surface area contributed by atoms with Gasteiger partial charge in [-0.25, -0.2) is 4.98 Å². The molecule has 0 unspecified atom stereocenters. The minimum atomic E-state index is 0.153. The Bertz CT molecular complexity index is 1130. The number of piperidine rings is 1. The average molecular weight is 449 g/mol. The predicted molar refractivity (Wildman–Crippen MR) is 122 cm³/mol. The van der Waals surface area contributed by atoms with Crippen molar-refractivity contribution in [1.82, 2.24) is 10.1 Å². The van der Waals surface area contributed by atoms with E-state index in [0.29, 0.717) is 29.2 Å².